The quantitative estimate of drug-likeness (QED) is 0.729. The Labute approximate surface area is 81.5 Å². The molecule has 1 heterocycles. The molecule has 1 aromatic rings. The zero-order valence-corrected chi connectivity index (χ0v) is 7.60. The van der Waals surface area contributed by atoms with Gasteiger partial charge in [0.1, 0.15) is 5.75 Å². The summed E-state index contributed by atoms with van der Waals surface area (Å²) in [7, 11) is 0. The van der Waals surface area contributed by atoms with Crippen molar-refractivity contribution in [1.29, 1.82) is 0 Å². The van der Waals surface area contributed by atoms with Gasteiger partial charge in [0, 0.05) is 12.3 Å². The third-order valence-corrected chi connectivity index (χ3v) is 1.50. The Bertz CT molecular complexity index is 381. The molecule has 0 aliphatic rings. The molecular weight excluding hydrogens is 182 g/mol. The third-order valence-electron chi connectivity index (χ3n) is 1.50. The third kappa shape index (κ3) is 2.49. The van der Waals surface area contributed by atoms with Crippen LogP contribution >= 0.6 is 0 Å². The van der Waals surface area contributed by atoms with E-state index in [0.29, 0.717) is 5.75 Å². The Morgan fingerprint density at radius 2 is 2.50 bits per heavy atom. The summed E-state index contributed by atoms with van der Waals surface area (Å²) in [5, 5.41) is 8.64. The van der Waals surface area contributed by atoms with E-state index >= 15 is 0 Å². The van der Waals surface area contributed by atoms with E-state index in [1.807, 2.05) is 0 Å². The van der Waals surface area contributed by atoms with Crippen molar-refractivity contribution in [2.24, 2.45) is 0 Å². The average Bonchev–Trinajstić information content (AvgIpc) is 2.18. The van der Waals surface area contributed by atoms with Gasteiger partial charge in [0.2, 0.25) is 0 Å². The fraction of sp³-hybridized carbons (Fsp3) is 0.200. The number of aromatic carboxylic acids is 1. The highest BCUT2D eigenvalue weighted by Crippen LogP contribution is 2.12. The summed E-state index contributed by atoms with van der Waals surface area (Å²) in [6, 6.07) is 2.89. The lowest BCUT2D eigenvalue weighted by molar-refractivity contribution is 0.0689. The van der Waals surface area contributed by atoms with Gasteiger partial charge in [-0.25, -0.2) is 9.78 Å². The lowest BCUT2D eigenvalue weighted by Gasteiger charge is -2.08. The van der Waals surface area contributed by atoms with Crippen molar-refractivity contribution in [2.45, 2.75) is 13.0 Å². The van der Waals surface area contributed by atoms with Crippen LogP contribution in [0.4, 0.5) is 0 Å². The molecule has 1 atom stereocenters. The monoisotopic (exact) mass is 191 g/mol. The first-order chi connectivity index (χ1) is 6.63. The van der Waals surface area contributed by atoms with Gasteiger partial charge in [-0.1, -0.05) is 5.92 Å². The molecule has 1 aromatic heterocycles. The van der Waals surface area contributed by atoms with Gasteiger partial charge in [-0.2, -0.15) is 0 Å². The zero-order chi connectivity index (χ0) is 10.6. The Hall–Kier alpha value is -2.02. The first-order valence-corrected chi connectivity index (χ1v) is 3.95. The smallest absolute Gasteiger partial charge is 0.354 e. The van der Waals surface area contributed by atoms with Crippen LogP contribution in [0.3, 0.4) is 0 Å². The molecule has 4 nitrogen and oxygen atoms in total. The van der Waals surface area contributed by atoms with Crippen LogP contribution in [0.5, 0.6) is 5.75 Å². The maximum Gasteiger partial charge on any atom is 0.354 e. The van der Waals surface area contributed by atoms with E-state index < -0.39 is 5.97 Å². The van der Waals surface area contributed by atoms with Crippen molar-refractivity contribution < 1.29 is 14.6 Å². The van der Waals surface area contributed by atoms with Crippen LogP contribution in [0.1, 0.15) is 17.4 Å². The summed E-state index contributed by atoms with van der Waals surface area (Å²) in [6.07, 6.45) is 6.08. The van der Waals surface area contributed by atoms with Crippen LogP contribution in [-0.4, -0.2) is 22.2 Å². The van der Waals surface area contributed by atoms with Crippen molar-refractivity contribution in [3.8, 4) is 18.1 Å². The van der Waals surface area contributed by atoms with Gasteiger partial charge in [0.05, 0.1) is 0 Å². The van der Waals surface area contributed by atoms with Crippen LogP contribution in [0, 0.1) is 12.3 Å². The molecule has 0 bridgehead atoms. The number of rotatable bonds is 3. The minimum Gasteiger partial charge on any atom is -0.478 e. The minimum absolute atomic E-state index is 0.0632. The fourth-order valence-corrected chi connectivity index (χ4v) is 0.840. The number of terminal acetylenes is 1. The molecule has 0 aliphatic carbocycles. The van der Waals surface area contributed by atoms with Gasteiger partial charge >= 0.3 is 5.97 Å². The van der Waals surface area contributed by atoms with Crippen LogP contribution in [0.2, 0.25) is 0 Å². The van der Waals surface area contributed by atoms with Crippen molar-refractivity contribution in [2.75, 3.05) is 0 Å². The molecule has 14 heavy (non-hydrogen) atoms. The van der Waals surface area contributed by atoms with Crippen molar-refractivity contribution in [1.82, 2.24) is 4.98 Å². The van der Waals surface area contributed by atoms with E-state index in [-0.39, 0.29) is 11.8 Å². The Kier molecular flexibility index (Phi) is 3.08. The number of carboxylic acid groups (broad SMARTS) is 1. The summed E-state index contributed by atoms with van der Waals surface area (Å²) in [4.78, 5) is 14.2. The normalized spacial score (nSPS) is 11.4. The Balaban J connectivity index is 2.85. The van der Waals surface area contributed by atoms with Gasteiger partial charge in [-0.05, 0) is 13.0 Å². The van der Waals surface area contributed by atoms with E-state index in [0.717, 1.165) is 0 Å². The van der Waals surface area contributed by atoms with E-state index in [2.05, 4.69) is 10.9 Å². The topological polar surface area (TPSA) is 59.4 Å². The molecule has 0 fully saturated rings. The number of carboxylic acids is 1. The molecule has 1 unspecified atom stereocenters. The number of pyridine rings is 1. The van der Waals surface area contributed by atoms with E-state index in [1.165, 1.54) is 12.3 Å². The highest BCUT2D eigenvalue weighted by atomic mass is 16.5. The van der Waals surface area contributed by atoms with Crippen LogP contribution in [-0.2, 0) is 0 Å². The van der Waals surface area contributed by atoms with Crippen LogP contribution in [0.15, 0.2) is 18.3 Å². The molecule has 0 saturated carbocycles. The first kappa shape index (κ1) is 10.1. The van der Waals surface area contributed by atoms with Gasteiger partial charge in [-0.3, -0.25) is 0 Å². The molecule has 0 aliphatic heterocycles. The molecule has 0 amide bonds. The highest BCUT2D eigenvalue weighted by Gasteiger charge is 2.06. The molecule has 4 heteroatoms. The van der Waals surface area contributed by atoms with E-state index in [4.69, 9.17) is 16.3 Å². The summed E-state index contributed by atoms with van der Waals surface area (Å²) >= 11 is 0. The number of nitrogens with zero attached hydrogens (tertiary/aromatic N) is 1. The van der Waals surface area contributed by atoms with Crippen molar-refractivity contribution in [3.05, 3.63) is 24.0 Å². The molecule has 1 N–H and O–H groups in total. The lowest BCUT2D eigenvalue weighted by Crippen LogP contribution is -2.09. The van der Waals surface area contributed by atoms with Gasteiger partial charge in [0.25, 0.3) is 0 Å². The average molecular weight is 191 g/mol. The summed E-state index contributed by atoms with van der Waals surface area (Å²) in [5.41, 5.74) is -0.0632. The standard InChI is InChI=1S/C10H9NO3/c1-3-7(2)14-8-4-5-11-9(6-8)10(12)13/h1,4-7H,2H3,(H,12,13). The second-order valence-electron chi connectivity index (χ2n) is 2.61. The van der Waals surface area contributed by atoms with Gasteiger partial charge in [0.15, 0.2) is 11.8 Å². The number of aromatic nitrogens is 1. The number of hydrogen-bond donors (Lipinski definition) is 1. The number of hydrogen-bond acceptors (Lipinski definition) is 3. The highest BCUT2D eigenvalue weighted by molar-refractivity contribution is 5.85. The minimum atomic E-state index is -1.09. The van der Waals surface area contributed by atoms with E-state index in [9.17, 15) is 4.79 Å². The molecule has 0 saturated heterocycles. The fourth-order valence-electron chi connectivity index (χ4n) is 0.840. The molecule has 0 radical (unpaired) electrons. The Morgan fingerprint density at radius 3 is 3.07 bits per heavy atom. The van der Waals surface area contributed by atoms with E-state index in [1.54, 1.807) is 13.0 Å². The Morgan fingerprint density at radius 1 is 1.79 bits per heavy atom. The van der Waals surface area contributed by atoms with Crippen LogP contribution < -0.4 is 4.74 Å². The predicted octanol–water partition coefficient (Wildman–Crippen LogP) is 1.18. The number of ether oxygens (including phenoxy) is 1. The SMILES string of the molecule is C#CC(C)Oc1ccnc(C(=O)O)c1. The van der Waals surface area contributed by atoms with Gasteiger partial charge < -0.3 is 9.84 Å². The summed E-state index contributed by atoms with van der Waals surface area (Å²) in [5.74, 6) is 1.68. The number of carbonyl (C=O) groups is 1. The predicted molar refractivity (Wildman–Crippen MR) is 50.1 cm³/mol. The summed E-state index contributed by atoms with van der Waals surface area (Å²) < 4.78 is 5.21. The second-order valence-corrected chi connectivity index (χ2v) is 2.61. The lowest BCUT2D eigenvalue weighted by atomic mass is 10.3. The molecule has 72 valence electrons. The van der Waals surface area contributed by atoms with Crippen molar-refractivity contribution in [3.63, 3.8) is 0 Å². The maximum atomic E-state index is 10.6. The largest absolute Gasteiger partial charge is 0.478 e. The molecule has 1 rings (SSSR count). The molecule has 0 spiro atoms. The zero-order valence-electron chi connectivity index (χ0n) is 7.60. The first-order valence-electron chi connectivity index (χ1n) is 3.95. The summed E-state index contributed by atoms with van der Waals surface area (Å²) in [6.45, 7) is 1.70. The molecular formula is C10H9NO3. The second kappa shape index (κ2) is 4.28. The van der Waals surface area contributed by atoms with Crippen LogP contribution in [0.25, 0.3) is 0 Å². The molecule has 0 aromatic carbocycles. The maximum absolute atomic E-state index is 10.6. The van der Waals surface area contributed by atoms with Crippen molar-refractivity contribution >= 4 is 5.97 Å². The van der Waals surface area contributed by atoms with Gasteiger partial charge in [-0.15, -0.1) is 6.42 Å².